The third kappa shape index (κ3) is 6.42. The molecule has 1 aliphatic heterocycles. The number of rotatable bonds is 8. The standard InChI is InChI=1S/C29H32ClN3O4S/c1-20-12-13-38-27(20)17-32(16-21-10-11-25-26(14-21)37-19-36-25)28(34)18-33(24-8-3-2-4-9-24)29(35)31-23-7-5-6-22(30)15-23/h5-7,10-15,24H,2-4,8-9,16-19H2,1H3,(H,31,35). The fourth-order valence-electron chi connectivity index (χ4n) is 5.00. The van der Waals surface area contributed by atoms with E-state index < -0.39 is 0 Å². The monoisotopic (exact) mass is 553 g/mol. The maximum Gasteiger partial charge on any atom is 0.322 e. The number of fused-ring (bicyclic) bond motifs is 1. The van der Waals surface area contributed by atoms with Crippen molar-refractivity contribution in [3.05, 3.63) is 74.9 Å². The van der Waals surface area contributed by atoms with Crippen molar-refractivity contribution in [2.45, 2.75) is 58.2 Å². The van der Waals surface area contributed by atoms with Crippen LogP contribution in [0.4, 0.5) is 10.5 Å². The molecule has 3 amide bonds. The number of thiophene rings is 1. The molecule has 9 heteroatoms. The number of anilines is 1. The summed E-state index contributed by atoms with van der Waals surface area (Å²) in [5.41, 5.74) is 2.72. The summed E-state index contributed by atoms with van der Waals surface area (Å²) in [5, 5.41) is 5.55. The molecule has 2 aliphatic rings. The molecule has 1 fully saturated rings. The van der Waals surface area contributed by atoms with Crippen molar-refractivity contribution >= 4 is 40.6 Å². The van der Waals surface area contributed by atoms with Crippen molar-refractivity contribution in [1.29, 1.82) is 0 Å². The summed E-state index contributed by atoms with van der Waals surface area (Å²) in [6.07, 6.45) is 5.04. The minimum atomic E-state index is -0.275. The van der Waals surface area contributed by atoms with Crippen LogP contribution in [0.3, 0.4) is 0 Å². The van der Waals surface area contributed by atoms with Crippen molar-refractivity contribution in [2.24, 2.45) is 0 Å². The lowest BCUT2D eigenvalue weighted by atomic mass is 9.94. The van der Waals surface area contributed by atoms with E-state index in [1.54, 1.807) is 40.5 Å². The molecular formula is C29H32ClN3O4S. The third-order valence-electron chi connectivity index (χ3n) is 7.12. The lowest BCUT2D eigenvalue weighted by molar-refractivity contribution is -0.133. The van der Waals surface area contributed by atoms with Crippen LogP contribution in [-0.2, 0) is 17.9 Å². The second-order valence-electron chi connectivity index (χ2n) is 9.82. The highest BCUT2D eigenvalue weighted by molar-refractivity contribution is 7.10. The summed E-state index contributed by atoms with van der Waals surface area (Å²) in [4.78, 5) is 32.1. The van der Waals surface area contributed by atoms with Gasteiger partial charge in [0.1, 0.15) is 6.54 Å². The number of amides is 3. The first-order valence-corrected chi connectivity index (χ1v) is 14.2. The SMILES string of the molecule is Cc1ccsc1CN(Cc1ccc2c(c1)OCO2)C(=O)CN(C(=O)Nc1cccc(Cl)c1)C1CCCCC1. The van der Waals surface area contributed by atoms with Gasteiger partial charge in [-0.2, -0.15) is 0 Å². The Balaban J connectivity index is 1.37. The average Bonchev–Trinajstić information content (AvgIpc) is 3.55. The van der Waals surface area contributed by atoms with Crippen LogP contribution >= 0.6 is 22.9 Å². The van der Waals surface area contributed by atoms with Gasteiger partial charge in [-0.05, 0) is 72.7 Å². The smallest absolute Gasteiger partial charge is 0.322 e. The molecule has 3 aromatic rings. The molecule has 1 N–H and O–H groups in total. The normalized spacial score (nSPS) is 14.8. The summed E-state index contributed by atoms with van der Waals surface area (Å²) in [7, 11) is 0. The van der Waals surface area contributed by atoms with Crippen molar-refractivity contribution in [2.75, 3.05) is 18.7 Å². The molecule has 1 saturated carbocycles. The molecule has 0 unspecified atom stereocenters. The Labute approximate surface area is 232 Å². The first-order valence-electron chi connectivity index (χ1n) is 13.0. The molecule has 7 nitrogen and oxygen atoms in total. The van der Waals surface area contributed by atoms with Crippen LogP contribution in [0, 0.1) is 6.92 Å². The number of carbonyl (C=O) groups excluding carboxylic acids is 2. The Hall–Kier alpha value is -3.23. The van der Waals surface area contributed by atoms with Gasteiger partial charge in [-0.25, -0.2) is 4.79 Å². The van der Waals surface area contributed by atoms with Gasteiger partial charge in [0, 0.05) is 28.2 Å². The maximum atomic E-state index is 13.9. The fourth-order valence-corrected chi connectivity index (χ4v) is 6.11. The van der Waals surface area contributed by atoms with E-state index in [4.69, 9.17) is 21.1 Å². The quantitative estimate of drug-likeness (QED) is 0.332. The van der Waals surface area contributed by atoms with Gasteiger partial charge in [-0.3, -0.25) is 4.79 Å². The first kappa shape index (κ1) is 26.4. The number of nitrogens with zero attached hydrogens (tertiary/aromatic N) is 2. The number of aryl methyl sites for hydroxylation is 1. The average molecular weight is 554 g/mol. The Morgan fingerprint density at radius 3 is 2.61 bits per heavy atom. The van der Waals surface area contributed by atoms with E-state index in [0.717, 1.165) is 48.1 Å². The second-order valence-corrected chi connectivity index (χ2v) is 11.3. The summed E-state index contributed by atoms with van der Waals surface area (Å²) in [6, 6.07) is 14.6. The van der Waals surface area contributed by atoms with Crippen LogP contribution in [0.15, 0.2) is 53.9 Å². The van der Waals surface area contributed by atoms with Gasteiger partial charge in [-0.15, -0.1) is 11.3 Å². The maximum absolute atomic E-state index is 13.9. The van der Waals surface area contributed by atoms with Crippen LogP contribution in [0.2, 0.25) is 5.02 Å². The van der Waals surface area contributed by atoms with Gasteiger partial charge in [-0.1, -0.05) is 43.0 Å². The lowest BCUT2D eigenvalue weighted by Crippen LogP contribution is -2.49. The van der Waals surface area contributed by atoms with E-state index in [0.29, 0.717) is 35.3 Å². The van der Waals surface area contributed by atoms with E-state index in [2.05, 4.69) is 18.3 Å². The number of hydrogen-bond donors (Lipinski definition) is 1. The zero-order valence-electron chi connectivity index (χ0n) is 21.5. The van der Waals surface area contributed by atoms with Gasteiger partial charge in [0.05, 0.1) is 6.54 Å². The molecule has 0 atom stereocenters. The van der Waals surface area contributed by atoms with Crippen molar-refractivity contribution < 1.29 is 19.1 Å². The van der Waals surface area contributed by atoms with Crippen LogP contribution < -0.4 is 14.8 Å². The van der Waals surface area contributed by atoms with E-state index in [1.807, 2.05) is 28.5 Å². The predicted molar refractivity (Wildman–Crippen MR) is 150 cm³/mol. The van der Waals surface area contributed by atoms with Crippen LogP contribution in [0.5, 0.6) is 11.5 Å². The predicted octanol–water partition coefficient (Wildman–Crippen LogP) is 6.83. The number of nitrogens with one attached hydrogen (secondary N) is 1. The van der Waals surface area contributed by atoms with Crippen LogP contribution in [0.1, 0.15) is 48.1 Å². The Kier molecular flexibility index (Phi) is 8.39. The van der Waals surface area contributed by atoms with Crippen molar-refractivity contribution in [3.63, 3.8) is 0 Å². The summed E-state index contributed by atoms with van der Waals surface area (Å²) in [5.74, 6) is 1.30. The summed E-state index contributed by atoms with van der Waals surface area (Å²) >= 11 is 7.77. The summed E-state index contributed by atoms with van der Waals surface area (Å²) in [6.45, 7) is 3.15. The molecule has 200 valence electrons. The molecular weight excluding hydrogens is 522 g/mol. The topological polar surface area (TPSA) is 71.1 Å². The highest BCUT2D eigenvalue weighted by Gasteiger charge is 2.30. The zero-order chi connectivity index (χ0) is 26.5. The third-order valence-corrected chi connectivity index (χ3v) is 8.37. The molecule has 5 rings (SSSR count). The first-order chi connectivity index (χ1) is 18.5. The molecule has 38 heavy (non-hydrogen) atoms. The molecule has 1 aromatic heterocycles. The van der Waals surface area contributed by atoms with Gasteiger partial charge in [0.15, 0.2) is 11.5 Å². The highest BCUT2D eigenvalue weighted by Crippen LogP contribution is 2.33. The lowest BCUT2D eigenvalue weighted by Gasteiger charge is -2.35. The zero-order valence-corrected chi connectivity index (χ0v) is 23.0. The molecule has 2 aromatic carbocycles. The van der Waals surface area contributed by atoms with Crippen molar-refractivity contribution in [1.82, 2.24) is 9.80 Å². The highest BCUT2D eigenvalue weighted by atomic mass is 35.5. The summed E-state index contributed by atoms with van der Waals surface area (Å²) < 4.78 is 11.0. The van der Waals surface area contributed by atoms with Crippen LogP contribution in [-0.4, -0.2) is 41.1 Å². The minimum Gasteiger partial charge on any atom is -0.454 e. The molecule has 0 spiro atoms. The molecule has 0 bridgehead atoms. The number of halogens is 1. The molecule has 0 saturated heterocycles. The number of carbonyl (C=O) groups is 2. The van der Waals surface area contributed by atoms with Gasteiger partial charge in [0.2, 0.25) is 12.7 Å². The largest absolute Gasteiger partial charge is 0.454 e. The number of urea groups is 1. The van der Waals surface area contributed by atoms with E-state index in [9.17, 15) is 9.59 Å². The van der Waals surface area contributed by atoms with Gasteiger partial charge >= 0.3 is 6.03 Å². The Bertz CT molecular complexity index is 1290. The molecule has 2 heterocycles. The second kappa shape index (κ2) is 12.1. The number of benzene rings is 2. The Morgan fingerprint density at radius 2 is 1.84 bits per heavy atom. The van der Waals surface area contributed by atoms with E-state index in [-0.39, 0.29) is 31.3 Å². The number of ether oxygens (including phenoxy) is 2. The van der Waals surface area contributed by atoms with Gasteiger partial charge in [0.25, 0.3) is 0 Å². The molecule has 0 radical (unpaired) electrons. The van der Waals surface area contributed by atoms with Crippen LogP contribution in [0.25, 0.3) is 0 Å². The van der Waals surface area contributed by atoms with E-state index >= 15 is 0 Å². The van der Waals surface area contributed by atoms with Crippen molar-refractivity contribution in [3.8, 4) is 11.5 Å². The van der Waals surface area contributed by atoms with E-state index in [1.165, 1.54) is 0 Å². The minimum absolute atomic E-state index is 0.00599. The molecule has 1 aliphatic carbocycles. The van der Waals surface area contributed by atoms with Gasteiger partial charge < -0.3 is 24.6 Å². The fraction of sp³-hybridized carbons (Fsp3) is 0.379. The number of hydrogen-bond acceptors (Lipinski definition) is 5. The Morgan fingerprint density at radius 1 is 1.03 bits per heavy atom.